The van der Waals surface area contributed by atoms with E-state index in [-0.39, 0.29) is 38.6 Å². The van der Waals surface area contributed by atoms with Crippen molar-refractivity contribution in [3.8, 4) is 0 Å². The molecule has 0 saturated carbocycles. The first-order chi connectivity index (χ1) is 42.6. The predicted molar refractivity (Wildman–Crippen MR) is 373 cm³/mol. The van der Waals surface area contributed by atoms with Crippen molar-refractivity contribution >= 4 is 17.9 Å². The molecule has 9 heteroatoms. The van der Waals surface area contributed by atoms with E-state index in [4.69, 9.17) is 18.9 Å². The van der Waals surface area contributed by atoms with Gasteiger partial charge in [0.05, 0.1) is 34.4 Å². The molecule has 0 bridgehead atoms. The molecule has 0 aromatic rings. The third-order valence-corrected chi connectivity index (χ3v) is 15.2. The van der Waals surface area contributed by atoms with Gasteiger partial charge < -0.3 is 28.5 Å². The number of carboxylic acid groups (broad SMARTS) is 1. The fourth-order valence-electron chi connectivity index (χ4n) is 9.77. The summed E-state index contributed by atoms with van der Waals surface area (Å²) in [6.07, 6.45) is 93.2. The molecule has 0 aromatic heterocycles. The van der Waals surface area contributed by atoms with Gasteiger partial charge >= 0.3 is 17.9 Å². The highest BCUT2D eigenvalue weighted by molar-refractivity contribution is 5.71. The van der Waals surface area contributed by atoms with Crippen LogP contribution in [-0.4, -0.2) is 87.4 Å². The minimum atomic E-state index is -1.52. The van der Waals surface area contributed by atoms with Crippen LogP contribution in [0, 0.1) is 0 Å². The van der Waals surface area contributed by atoms with Crippen molar-refractivity contribution in [2.75, 3.05) is 47.5 Å². The van der Waals surface area contributed by atoms with E-state index >= 15 is 0 Å². The standard InChI is InChI=1S/C78H133NO8/c1-6-8-10-12-14-16-18-20-22-24-26-28-29-30-31-32-33-34-35-36-37-38-39-40-41-42-43-44-45-46-47-49-51-53-55-57-59-61-63-65-67-69-76(81)87-74(73-86-78(77(82)83)84-71-70-79(3,4)5)72-85-75(80)68-66-64-62-60-58-56-54-52-50-48-27-25-23-21-19-17-15-13-11-9-7-2/h8,10,14,16,19-22,25-28,30-31,33-34,36-37,50,52,74,78H,6-7,9,11-13,15,17-18,23-24,29,32,35,38-49,51,53-73H2,1-5H3/p+1/b10-8-,16-14-,21-19-,22-20-,27-25-,28-26-,31-30-,34-33-,37-36-,52-50-. The van der Waals surface area contributed by atoms with Gasteiger partial charge in [-0.2, -0.15) is 0 Å². The van der Waals surface area contributed by atoms with Crippen LogP contribution >= 0.6 is 0 Å². The molecule has 0 fully saturated rings. The molecule has 0 aliphatic rings. The van der Waals surface area contributed by atoms with E-state index in [1.807, 2.05) is 21.1 Å². The van der Waals surface area contributed by atoms with E-state index in [0.717, 1.165) is 109 Å². The molecule has 2 unspecified atom stereocenters. The Morgan fingerprint density at radius 3 is 0.977 bits per heavy atom. The fourth-order valence-corrected chi connectivity index (χ4v) is 9.77. The lowest BCUT2D eigenvalue weighted by atomic mass is 10.0. The zero-order valence-corrected chi connectivity index (χ0v) is 56.9. The summed E-state index contributed by atoms with van der Waals surface area (Å²) in [6, 6.07) is 0. The number of likely N-dealkylation sites (N-methyl/N-ethyl adjacent to an activating group) is 1. The number of rotatable bonds is 65. The number of carbonyl (C=O) groups excluding carboxylic acids is 2. The minimum Gasteiger partial charge on any atom is -0.477 e. The Bertz CT molecular complexity index is 1840. The Hall–Kier alpha value is -4.31. The molecule has 87 heavy (non-hydrogen) atoms. The lowest BCUT2D eigenvalue weighted by Gasteiger charge is -2.25. The predicted octanol–water partition coefficient (Wildman–Crippen LogP) is 22.4. The zero-order valence-electron chi connectivity index (χ0n) is 56.9. The number of hydrogen-bond acceptors (Lipinski definition) is 7. The highest BCUT2D eigenvalue weighted by Gasteiger charge is 2.25. The Morgan fingerprint density at radius 2 is 0.655 bits per heavy atom. The molecule has 9 nitrogen and oxygen atoms in total. The Balaban J connectivity index is 4.06. The lowest BCUT2D eigenvalue weighted by molar-refractivity contribution is -0.870. The van der Waals surface area contributed by atoms with Crippen LogP contribution in [0.3, 0.4) is 0 Å². The van der Waals surface area contributed by atoms with E-state index in [2.05, 4.69) is 135 Å². The SMILES string of the molecule is CC/C=C\C/C=C\C/C=C\C/C=C\C/C=C\C/C=C\C/C=C\CCCCCCCCCCCCCCCCCCCCCC(=O)OC(COC(=O)CCCCCCCC/C=C\C/C=C\C/C=C\CCCCCCC)COC(OCC[N+](C)(C)C)C(=O)O. The van der Waals surface area contributed by atoms with Crippen LogP contribution in [-0.2, 0) is 33.3 Å². The van der Waals surface area contributed by atoms with Crippen LogP contribution in [0.4, 0.5) is 0 Å². The van der Waals surface area contributed by atoms with E-state index in [0.29, 0.717) is 11.0 Å². The van der Waals surface area contributed by atoms with Gasteiger partial charge in [0.2, 0.25) is 0 Å². The maximum atomic E-state index is 12.9. The molecule has 1 N–H and O–H groups in total. The number of quaternary nitrogens is 1. The molecule has 0 radical (unpaired) electrons. The topological polar surface area (TPSA) is 108 Å². The fraction of sp³-hybridized carbons (Fsp3) is 0.705. The summed E-state index contributed by atoms with van der Waals surface area (Å²) < 4.78 is 23.0. The summed E-state index contributed by atoms with van der Waals surface area (Å²) in [4.78, 5) is 37.6. The molecule has 0 amide bonds. The van der Waals surface area contributed by atoms with Crippen molar-refractivity contribution < 1.29 is 42.9 Å². The second-order valence-corrected chi connectivity index (χ2v) is 24.8. The number of nitrogens with zero attached hydrogens (tertiary/aromatic N) is 1. The summed E-state index contributed by atoms with van der Waals surface area (Å²) in [5.41, 5.74) is 0. The summed E-state index contributed by atoms with van der Waals surface area (Å²) in [7, 11) is 5.97. The molecule has 0 rings (SSSR count). The lowest BCUT2D eigenvalue weighted by Crippen LogP contribution is -2.40. The van der Waals surface area contributed by atoms with Gasteiger partial charge in [-0.05, 0) is 109 Å². The number of unbranched alkanes of at least 4 members (excludes halogenated alkanes) is 30. The van der Waals surface area contributed by atoms with Crippen LogP contribution in [0.15, 0.2) is 122 Å². The van der Waals surface area contributed by atoms with Crippen molar-refractivity contribution in [3.05, 3.63) is 122 Å². The third-order valence-electron chi connectivity index (χ3n) is 15.2. The van der Waals surface area contributed by atoms with Gasteiger partial charge in [0, 0.05) is 12.8 Å². The van der Waals surface area contributed by atoms with Gasteiger partial charge in [-0.25, -0.2) is 4.79 Å². The zero-order chi connectivity index (χ0) is 63.3. The Morgan fingerprint density at radius 1 is 0.356 bits per heavy atom. The van der Waals surface area contributed by atoms with Crippen molar-refractivity contribution in [2.24, 2.45) is 0 Å². The molecule has 0 aromatic carbocycles. The number of aliphatic carboxylic acids is 1. The summed E-state index contributed by atoms with van der Waals surface area (Å²) in [6.45, 7) is 4.75. The number of esters is 2. The average molecular weight is 1210 g/mol. The maximum Gasteiger partial charge on any atom is 0.361 e. The highest BCUT2D eigenvalue weighted by atomic mass is 16.7. The molecule has 0 aliphatic carbocycles. The first kappa shape index (κ1) is 82.7. The van der Waals surface area contributed by atoms with Gasteiger partial charge in [0.15, 0.2) is 6.10 Å². The molecule has 498 valence electrons. The molecule has 0 aliphatic heterocycles. The smallest absolute Gasteiger partial charge is 0.361 e. The second kappa shape index (κ2) is 67.6. The monoisotopic (exact) mass is 1210 g/mol. The van der Waals surface area contributed by atoms with Gasteiger partial charge in [0.25, 0.3) is 6.29 Å². The van der Waals surface area contributed by atoms with Crippen LogP contribution in [0.1, 0.15) is 296 Å². The number of hydrogen-bond donors (Lipinski definition) is 1. The van der Waals surface area contributed by atoms with Gasteiger partial charge in [-0.3, -0.25) is 9.59 Å². The normalized spacial score (nSPS) is 13.4. The summed E-state index contributed by atoms with van der Waals surface area (Å²) in [5, 5.41) is 9.74. The van der Waals surface area contributed by atoms with Crippen LogP contribution in [0.25, 0.3) is 0 Å². The maximum absolute atomic E-state index is 12.9. The molecule has 0 saturated heterocycles. The number of ether oxygens (including phenoxy) is 4. The van der Waals surface area contributed by atoms with Crippen LogP contribution in [0.2, 0.25) is 0 Å². The van der Waals surface area contributed by atoms with Crippen molar-refractivity contribution in [1.82, 2.24) is 0 Å². The van der Waals surface area contributed by atoms with E-state index in [1.165, 1.54) is 161 Å². The number of allylic oxidation sites excluding steroid dienone is 20. The van der Waals surface area contributed by atoms with E-state index in [1.54, 1.807) is 0 Å². The summed E-state index contributed by atoms with van der Waals surface area (Å²) >= 11 is 0. The van der Waals surface area contributed by atoms with Crippen LogP contribution < -0.4 is 0 Å². The first-order valence-corrected chi connectivity index (χ1v) is 35.7. The largest absolute Gasteiger partial charge is 0.477 e. The van der Waals surface area contributed by atoms with Crippen molar-refractivity contribution in [3.63, 3.8) is 0 Å². The molecule has 2 atom stereocenters. The number of carboxylic acids is 1. The third kappa shape index (κ3) is 69.0. The van der Waals surface area contributed by atoms with Crippen molar-refractivity contribution in [2.45, 2.75) is 309 Å². The minimum absolute atomic E-state index is 0.182. The average Bonchev–Trinajstić information content (AvgIpc) is 3.59. The highest BCUT2D eigenvalue weighted by Crippen LogP contribution is 2.17. The second-order valence-electron chi connectivity index (χ2n) is 24.8. The van der Waals surface area contributed by atoms with Gasteiger partial charge in [-0.15, -0.1) is 0 Å². The number of carbonyl (C=O) groups is 3. The molecular formula is C78H134NO8+. The Labute approximate surface area is 536 Å². The summed E-state index contributed by atoms with van der Waals surface area (Å²) in [5.74, 6) is -2.02. The Kier molecular flexibility index (Phi) is 64.3. The van der Waals surface area contributed by atoms with Crippen LogP contribution in [0.5, 0.6) is 0 Å². The first-order valence-electron chi connectivity index (χ1n) is 35.7. The van der Waals surface area contributed by atoms with E-state index < -0.39 is 24.3 Å². The quantitative estimate of drug-likeness (QED) is 0.0211. The van der Waals surface area contributed by atoms with E-state index in [9.17, 15) is 19.5 Å². The van der Waals surface area contributed by atoms with Crippen molar-refractivity contribution in [1.29, 1.82) is 0 Å². The molecule has 0 spiro atoms. The van der Waals surface area contributed by atoms with Gasteiger partial charge in [-0.1, -0.05) is 296 Å². The molecule has 0 heterocycles. The molecular weight excluding hydrogens is 1080 g/mol. The van der Waals surface area contributed by atoms with Gasteiger partial charge in [0.1, 0.15) is 13.2 Å².